The van der Waals surface area contributed by atoms with Crippen LogP contribution in [0.2, 0.25) is 10.0 Å². The van der Waals surface area contributed by atoms with Gasteiger partial charge >= 0.3 is 0 Å². The maximum Gasteiger partial charge on any atom is 0.257 e. The summed E-state index contributed by atoms with van der Waals surface area (Å²) in [6, 6.07) is 3.03. The van der Waals surface area contributed by atoms with Crippen molar-refractivity contribution in [2.75, 3.05) is 11.1 Å². The van der Waals surface area contributed by atoms with Crippen LogP contribution in [0.25, 0.3) is 0 Å². The molecule has 1 amide bonds. The molecule has 9 heteroatoms. The Morgan fingerprint density at radius 3 is 2.76 bits per heavy atom. The van der Waals surface area contributed by atoms with Gasteiger partial charge in [-0.3, -0.25) is 9.78 Å². The van der Waals surface area contributed by atoms with Crippen LogP contribution < -0.4 is 11.1 Å². The van der Waals surface area contributed by atoms with Crippen LogP contribution in [0.15, 0.2) is 33.3 Å². The summed E-state index contributed by atoms with van der Waals surface area (Å²) in [6.07, 6.45) is 2.88. The highest BCUT2D eigenvalue weighted by atomic mass is 35.5. The molecule has 6 nitrogen and oxygen atoms in total. The van der Waals surface area contributed by atoms with E-state index in [-0.39, 0.29) is 10.7 Å². The fourth-order valence-corrected chi connectivity index (χ4v) is 2.95. The van der Waals surface area contributed by atoms with Crippen molar-refractivity contribution in [1.82, 2.24) is 4.98 Å². The minimum Gasteiger partial charge on any atom is -0.397 e. The van der Waals surface area contributed by atoms with E-state index < -0.39 is 5.91 Å². The molecule has 0 bridgehead atoms. The van der Waals surface area contributed by atoms with Crippen molar-refractivity contribution >= 4 is 63.2 Å². The van der Waals surface area contributed by atoms with Gasteiger partial charge in [0.05, 0.1) is 44.5 Å². The highest BCUT2D eigenvalue weighted by Crippen LogP contribution is 2.47. The Kier molecular flexibility index (Phi) is 3.62. The summed E-state index contributed by atoms with van der Waals surface area (Å²) in [7, 11) is 0. The van der Waals surface area contributed by atoms with E-state index in [4.69, 9.17) is 28.9 Å². The van der Waals surface area contributed by atoms with Crippen molar-refractivity contribution in [3.63, 3.8) is 0 Å². The number of carbonyl (C=O) groups is 1. The smallest absolute Gasteiger partial charge is 0.257 e. The average Bonchev–Trinajstić information content (AvgIpc) is 2.93. The van der Waals surface area contributed by atoms with Crippen LogP contribution in [-0.2, 0) is 11.4 Å². The van der Waals surface area contributed by atoms with E-state index in [0.717, 1.165) is 11.4 Å². The molecule has 3 N–H and O–H groups in total. The van der Waals surface area contributed by atoms with E-state index in [2.05, 4.69) is 19.0 Å². The molecule has 0 fully saturated rings. The molecule has 1 aromatic carbocycles. The summed E-state index contributed by atoms with van der Waals surface area (Å²) in [6.45, 7) is 0. The quantitative estimate of drug-likeness (QED) is 0.740. The van der Waals surface area contributed by atoms with Crippen LogP contribution >= 0.6 is 23.2 Å². The minimum absolute atomic E-state index is 0.271. The molecule has 0 saturated carbocycles. The van der Waals surface area contributed by atoms with Crippen LogP contribution in [0.4, 0.5) is 22.7 Å². The molecule has 0 saturated heterocycles. The molecule has 1 aromatic heterocycles. The van der Waals surface area contributed by atoms with Crippen molar-refractivity contribution in [3.8, 4) is 0 Å². The zero-order valence-corrected chi connectivity index (χ0v) is 12.6. The number of halogens is 2. The first-order chi connectivity index (χ1) is 10.1. The Morgan fingerprint density at radius 2 is 2.00 bits per heavy atom. The van der Waals surface area contributed by atoms with E-state index in [1.807, 2.05) is 0 Å². The Balaban J connectivity index is 2.01. The number of pyridine rings is 1. The van der Waals surface area contributed by atoms with Gasteiger partial charge in [0.1, 0.15) is 11.4 Å². The predicted molar refractivity (Wildman–Crippen MR) is 84.6 cm³/mol. The second kappa shape index (κ2) is 5.44. The number of hydrogen-bond acceptors (Lipinski definition) is 5. The number of nitrogens with two attached hydrogens (primary N) is 1. The third-order valence-corrected chi connectivity index (χ3v) is 3.89. The number of amides is 1. The van der Waals surface area contributed by atoms with Crippen molar-refractivity contribution in [2.45, 2.75) is 0 Å². The van der Waals surface area contributed by atoms with Crippen LogP contribution in [0.5, 0.6) is 0 Å². The van der Waals surface area contributed by atoms with E-state index in [1.54, 1.807) is 0 Å². The van der Waals surface area contributed by atoms with E-state index in [0.29, 0.717) is 27.6 Å². The minimum atomic E-state index is -0.409. The summed E-state index contributed by atoms with van der Waals surface area (Å²) in [4.78, 5) is 16.1. The fourth-order valence-electron chi connectivity index (χ4n) is 1.79. The topological polar surface area (TPSA) is 92.7 Å². The number of hydrogen-bond donors (Lipinski definition) is 2. The first kappa shape index (κ1) is 14.0. The summed E-state index contributed by atoms with van der Waals surface area (Å²) >= 11 is 13.2. The van der Waals surface area contributed by atoms with Gasteiger partial charge in [-0.15, -0.1) is 0 Å². The van der Waals surface area contributed by atoms with Gasteiger partial charge in [0.2, 0.25) is 0 Å². The van der Waals surface area contributed by atoms with Gasteiger partial charge in [-0.05, 0) is 12.1 Å². The average molecular weight is 340 g/mol. The summed E-state index contributed by atoms with van der Waals surface area (Å²) in [5, 5.41) is 3.35. The third kappa shape index (κ3) is 2.51. The van der Waals surface area contributed by atoms with Crippen molar-refractivity contribution < 1.29 is 4.79 Å². The number of nitrogens with zero attached hydrogens (tertiary/aromatic N) is 3. The Bertz CT molecular complexity index is 833. The molecule has 0 radical (unpaired) electrons. The van der Waals surface area contributed by atoms with E-state index in [1.165, 1.54) is 24.5 Å². The molecule has 0 unspecified atom stereocenters. The predicted octanol–water partition coefficient (Wildman–Crippen LogP) is 3.95. The standard InChI is InChI=1S/C12H7Cl2N5OS/c13-6-3-7(14)10-11(19-21-18-10)9(6)17-12(20)5-1-2-16-4-8(5)15/h1-4H,15H2,(H,17,20). The normalized spacial score (nSPS) is 11.9. The highest BCUT2D eigenvalue weighted by molar-refractivity contribution is 7.58. The van der Waals surface area contributed by atoms with Gasteiger partial charge in [-0.1, -0.05) is 23.2 Å². The molecule has 2 heterocycles. The van der Waals surface area contributed by atoms with Gasteiger partial charge < -0.3 is 11.1 Å². The number of carbonyl (C=O) groups excluding carboxylic acids is 1. The lowest BCUT2D eigenvalue weighted by Gasteiger charge is -2.11. The molecule has 3 rings (SSSR count). The van der Waals surface area contributed by atoms with Crippen molar-refractivity contribution in [1.29, 1.82) is 0 Å². The maximum absolute atomic E-state index is 12.3. The van der Waals surface area contributed by atoms with Crippen LogP contribution in [-0.4, -0.2) is 10.9 Å². The number of rotatable bonds is 2. The first-order valence-electron chi connectivity index (χ1n) is 5.69. The second-order valence-electron chi connectivity index (χ2n) is 4.09. The number of fused-ring (bicyclic) bond motifs is 1. The Morgan fingerprint density at radius 1 is 1.24 bits per heavy atom. The van der Waals surface area contributed by atoms with E-state index in [9.17, 15) is 4.79 Å². The number of anilines is 2. The van der Waals surface area contributed by atoms with Crippen LogP contribution in [0.3, 0.4) is 0 Å². The largest absolute Gasteiger partial charge is 0.397 e. The van der Waals surface area contributed by atoms with Crippen molar-refractivity contribution in [2.24, 2.45) is 8.73 Å². The van der Waals surface area contributed by atoms with Gasteiger partial charge in [0.15, 0.2) is 0 Å². The van der Waals surface area contributed by atoms with E-state index >= 15 is 0 Å². The maximum atomic E-state index is 12.3. The second-order valence-corrected chi connectivity index (χ2v) is 5.44. The van der Waals surface area contributed by atoms with Crippen LogP contribution in [0.1, 0.15) is 10.4 Å². The number of aromatic nitrogens is 1. The molecule has 0 aliphatic carbocycles. The first-order valence-corrected chi connectivity index (χ1v) is 7.17. The van der Waals surface area contributed by atoms with Crippen LogP contribution in [0, 0.1) is 0 Å². The summed E-state index contributed by atoms with van der Waals surface area (Å²) < 4.78 is 8.18. The van der Waals surface area contributed by atoms with Gasteiger partial charge in [-0.25, -0.2) is 0 Å². The van der Waals surface area contributed by atoms with Crippen molar-refractivity contribution in [3.05, 3.63) is 40.1 Å². The zero-order valence-electron chi connectivity index (χ0n) is 10.3. The number of nitrogens with one attached hydrogen (secondary N) is 1. The molecule has 0 atom stereocenters. The lowest BCUT2D eigenvalue weighted by atomic mass is 10.2. The highest BCUT2D eigenvalue weighted by Gasteiger charge is 2.21. The van der Waals surface area contributed by atoms with Gasteiger partial charge in [0, 0.05) is 6.20 Å². The van der Waals surface area contributed by atoms with Gasteiger partial charge in [-0.2, -0.15) is 8.73 Å². The Hall–Kier alpha value is -1.96. The zero-order chi connectivity index (χ0) is 15.0. The molecule has 2 aromatic rings. The Labute approximate surface area is 133 Å². The lowest BCUT2D eigenvalue weighted by molar-refractivity contribution is 0.102. The monoisotopic (exact) mass is 339 g/mol. The summed E-state index contributed by atoms with van der Waals surface area (Å²) in [5.41, 5.74) is 7.58. The molecular formula is C12H7Cl2N5OS. The molecule has 1 aliphatic heterocycles. The molecule has 1 aliphatic rings. The third-order valence-electron chi connectivity index (χ3n) is 2.78. The lowest BCUT2D eigenvalue weighted by Crippen LogP contribution is -2.14. The molecular weight excluding hydrogens is 333 g/mol. The summed E-state index contributed by atoms with van der Waals surface area (Å²) in [5.74, 6) is -0.409. The van der Waals surface area contributed by atoms with Gasteiger partial charge in [0.25, 0.3) is 5.91 Å². The molecule has 0 spiro atoms. The molecule has 21 heavy (non-hydrogen) atoms. The number of benzene rings is 1. The molecule has 106 valence electrons. The number of nitrogen functional groups attached to an aromatic ring is 1. The fraction of sp³-hybridized carbons (Fsp3) is 0. The SMILES string of the molecule is Nc1cnccc1C(=O)Nc1c(Cl)cc(Cl)c2c1N=S=N2.